The van der Waals surface area contributed by atoms with Crippen LogP contribution in [0.5, 0.6) is 0 Å². The van der Waals surface area contributed by atoms with Gasteiger partial charge in [0.05, 0.1) is 6.04 Å². The van der Waals surface area contributed by atoms with Crippen LogP contribution in [0, 0.1) is 0 Å². The van der Waals surface area contributed by atoms with E-state index in [4.69, 9.17) is 4.74 Å². The number of carbonyl (C=O) groups is 2. The maximum Gasteiger partial charge on any atom is 0.410 e. The van der Waals surface area contributed by atoms with Crippen LogP contribution in [-0.2, 0) is 9.53 Å². The Balaban J connectivity index is 1.55. The van der Waals surface area contributed by atoms with E-state index in [0.29, 0.717) is 32.0 Å². The molecule has 0 radical (unpaired) electrons. The Morgan fingerprint density at radius 1 is 1.23 bits per heavy atom. The van der Waals surface area contributed by atoms with Crippen molar-refractivity contribution in [1.82, 2.24) is 15.5 Å². The number of likely N-dealkylation sites (tertiary alicyclic amines) is 1. The predicted molar refractivity (Wildman–Crippen MR) is 122 cm³/mol. The Bertz CT molecular complexity index is 818. The average Bonchev–Trinajstić information content (AvgIpc) is 2.72. The van der Waals surface area contributed by atoms with Crippen molar-refractivity contribution in [3.8, 4) is 0 Å². The minimum absolute atomic E-state index is 0.0312. The van der Waals surface area contributed by atoms with Crippen molar-refractivity contribution in [2.75, 3.05) is 32.0 Å². The summed E-state index contributed by atoms with van der Waals surface area (Å²) in [6.07, 6.45) is 3.19. The number of nitrogens with zero attached hydrogens (tertiary/aromatic N) is 2. The molecule has 1 saturated heterocycles. The van der Waals surface area contributed by atoms with E-state index < -0.39 is 5.60 Å². The summed E-state index contributed by atoms with van der Waals surface area (Å²) in [5.41, 5.74) is 1.50. The first kappa shape index (κ1) is 22.9. The minimum atomic E-state index is -0.507. The summed E-state index contributed by atoms with van der Waals surface area (Å²) in [6.45, 7) is 7.57. The third-order valence-electron chi connectivity index (χ3n) is 5.61. The molecule has 2 aliphatic heterocycles. The number of fused-ring (bicyclic) bond motifs is 1. The van der Waals surface area contributed by atoms with Gasteiger partial charge < -0.3 is 25.6 Å². The van der Waals surface area contributed by atoms with Crippen molar-refractivity contribution in [2.24, 2.45) is 4.99 Å². The van der Waals surface area contributed by atoms with E-state index in [1.165, 1.54) is 0 Å². The molecule has 1 aromatic carbocycles. The molecule has 170 valence electrons. The molecular weight excluding hydrogens is 394 g/mol. The molecule has 2 amide bonds. The fourth-order valence-electron chi connectivity index (χ4n) is 4.11. The third kappa shape index (κ3) is 6.35. The summed E-state index contributed by atoms with van der Waals surface area (Å²) in [7, 11) is 1.73. The smallest absolute Gasteiger partial charge is 0.410 e. The molecule has 8 heteroatoms. The highest BCUT2D eigenvalue weighted by atomic mass is 16.6. The van der Waals surface area contributed by atoms with Crippen LogP contribution in [0.15, 0.2) is 29.3 Å². The molecule has 2 heterocycles. The first-order valence-electron chi connectivity index (χ1n) is 11.1. The Labute approximate surface area is 184 Å². The van der Waals surface area contributed by atoms with Crippen molar-refractivity contribution in [3.05, 3.63) is 29.8 Å². The van der Waals surface area contributed by atoms with Crippen LogP contribution in [0.2, 0.25) is 0 Å². The lowest BCUT2D eigenvalue weighted by molar-refractivity contribution is -0.116. The predicted octanol–water partition coefficient (Wildman–Crippen LogP) is 3.07. The zero-order valence-electron chi connectivity index (χ0n) is 19.0. The van der Waals surface area contributed by atoms with E-state index in [2.05, 4.69) is 27.0 Å². The maximum absolute atomic E-state index is 12.6. The van der Waals surface area contributed by atoms with Gasteiger partial charge >= 0.3 is 6.09 Å². The number of nitrogens with one attached hydrogen (secondary N) is 3. The lowest BCUT2D eigenvalue weighted by atomic mass is 9.90. The van der Waals surface area contributed by atoms with Crippen LogP contribution in [0.3, 0.4) is 0 Å². The normalized spacial score (nSPS) is 21.7. The summed E-state index contributed by atoms with van der Waals surface area (Å²) in [4.78, 5) is 30.8. The van der Waals surface area contributed by atoms with Crippen molar-refractivity contribution in [3.63, 3.8) is 0 Å². The highest BCUT2D eigenvalue weighted by Gasteiger charge is 2.30. The number of amides is 2. The number of carbonyl (C=O) groups excluding carboxylic acids is 2. The second kappa shape index (κ2) is 10.0. The van der Waals surface area contributed by atoms with Crippen molar-refractivity contribution in [1.29, 1.82) is 0 Å². The molecule has 0 aliphatic carbocycles. The lowest BCUT2D eigenvalue weighted by Gasteiger charge is -2.37. The molecule has 1 fully saturated rings. The second-order valence-corrected chi connectivity index (χ2v) is 9.19. The third-order valence-corrected chi connectivity index (χ3v) is 5.61. The van der Waals surface area contributed by atoms with Gasteiger partial charge in [-0.3, -0.25) is 9.79 Å². The van der Waals surface area contributed by atoms with Crippen LogP contribution in [-0.4, -0.2) is 61.2 Å². The highest BCUT2D eigenvalue weighted by Crippen LogP contribution is 2.31. The molecular formula is C23H35N5O3. The number of anilines is 1. The Morgan fingerprint density at radius 3 is 2.71 bits per heavy atom. The van der Waals surface area contributed by atoms with Gasteiger partial charge in [0.2, 0.25) is 5.91 Å². The first-order chi connectivity index (χ1) is 14.8. The summed E-state index contributed by atoms with van der Waals surface area (Å²) in [5.74, 6) is 0.776. The van der Waals surface area contributed by atoms with Gasteiger partial charge in [-0.05, 0) is 51.7 Å². The second-order valence-electron chi connectivity index (χ2n) is 9.19. The van der Waals surface area contributed by atoms with Gasteiger partial charge in [-0.1, -0.05) is 18.2 Å². The molecule has 31 heavy (non-hydrogen) atoms. The zero-order valence-corrected chi connectivity index (χ0v) is 19.0. The number of guanidine groups is 1. The van der Waals surface area contributed by atoms with E-state index in [0.717, 1.165) is 30.5 Å². The maximum atomic E-state index is 12.6. The summed E-state index contributed by atoms with van der Waals surface area (Å²) in [5, 5.41) is 9.63. The van der Waals surface area contributed by atoms with Crippen molar-refractivity contribution < 1.29 is 14.3 Å². The summed E-state index contributed by atoms with van der Waals surface area (Å²) >= 11 is 0. The minimum Gasteiger partial charge on any atom is -0.444 e. The SMILES string of the molecule is CN=C(NCC1CC(=O)Nc2ccccc21)NCC1CCCCN1C(=O)OC(C)(C)C. The monoisotopic (exact) mass is 429 g/mol. The number of ether oxygens (including phenoxy) is 1. The van der Waals surface area contributed by atoms with Gasteiger partial charge in [-0.15, -0.1) is 0 Å². The Hall–Kier alpha value is -2.77. The lowest BCUT2D eigenvalue weighted by Crippen LogP contribution is -2.52. The largest absolute Gasteiger partial charge is 0.444 e. The van der Waals surface area contributed by atoms with Crippen LogP contribution < -0.4 is 16.0 Å². The van der Waals surface area contributed by atoms with Gasteiger partial charge in [0.25, 0.3) is 0 Å². The van der Waals surface area contributed by atoms with Crippen LogP contribution in [0.4, 0.5) is 10.5 Å². The number of para-hydroxylation sites is 1. The first-order valence-corrected chi connectivity index (χ1v) is 11.1. The van der Waals surface area contributed by atoms with E-state index in [1.54, 1.807) is 7.05 Å². The number of aliphatic imine (C=N–C) groups is 1. The van der Waals surface area contributed by atoms with Gasteiger partial charge in [0.1, 0.15) is 5.60 Å². The topological polar surface area (TPSA) is 95.1 Å². The number of rotatable bonds is 4. The van der Waals surface area contributed by atoms with Crippen molar-refractivity contribution in [2.45, 2.75) is 64.0 Å². The average molecular weight is 430 g/mol. The van der Waals surface area contributed by atoms with Crippen molar-refractivity contribution >= 4 is 23.6 Å². The van der Waals surface area contributed by atoms with E-state index in [1.807, 2.05) is 43.9 Å². The van der Waals surface area contributed by atoms with Crippen LogP contribution >= 0.6 is 0 Å². The molecule has 3 rings (SSSR count). The number of piperidine rings is 1. The van der Waals surface area contributed by atoms with E-state index in [9.17, 15) is 9.59 Å². The van der Waals surface area contributed by atoms with E-state index in [-0.39, 0.29) is 24.0 Å². The zero-order chi connectivity index (χ0) is 22.4. The molecule has 1 aromatic rings. The molecule has 0 spiro atoms. The standard InChI is InChI=1S/C23H35N5O3/c1-23(2,3)31-22(30)28-12-8-7-9-17(28)15-26-21(24-4)25-14-16-13-20(29)27-19-11-6-5-10-18(16)19/h5-6,10-11,16-17H,7-9,12-15H2,1-4H3,(H,27,29)(H2,24,25,26). The molecule has 8 nitrogen and oxygen atoms in total. The molecule has 0 saturated carbocycles. The summed E-state index contributed by atoms with van der Waals surface area (Å²) < 4.78 is 5.59. The Kier molecular flexibility index (Phi) is 7.41. The fourth-order valence-corrected chi connectivity index (χ4v) is 4.11. The van der Waals surface area contributed by atoms with Gasteiger partial charge in [-0.2, -0.15) is 0 Å². The highest BCUT2D eigenvalue weighted by molar-refractivity contribution is 5.94. The molecule has 3 N–H and O–H groups in total. The van der Waals surface area contributed by atoms with Crippen LogP contribution in [0.25, 0.3) is 0 Å². The van der Waals surface area contributed by atoms with Gasteiger partial charge in [0, 0.05) is 44.7 Å². The van der Waals surface area contributed by atoms with Crippen LogP contribution in [0.1, 0.15) is 57.9 Å². The quantitative estimate of drug-likeness (QED) is 0.505. The fraction of sp³-hybridized carbons (Fsp3) is 0.609. The molecule has 0 bridgehead atoms. The van der Waals surface area contributed by atoms with E-state index >= 15 is 0 Å². The number of hydrogen-bond donors (Lipinski definition) is 3. The molecule has 2 atom stereocenters. The number of hydrogen-bond acceptors (Lipinski definition) is 4. The molecule has 2 aliphatic rings. The molecule has 0 aromatic heterocycles. The number of benzene rings is 1. The Morgan fingerprint density at radius 2 is 1.97 bits per heavy atom. The van der Waals surface area contributed by atoms with Gasteiger partial charge in [0.15, 0.2) is 5.96 Å². The van der Waals surface area contributed by atoms with Gasteiger partial charge in [-0.25, -0.2) is 4.79 Å². The summed E-state index contributed by atoms with van der Waals surface area (Å²) in [6, 6.07) is 7.96. The molecule has 2 unspecified atom stereocenters.